The lowest BCUT2D eigenvalue weighted by atomic mass is 9.89. The zero-order valence-electron chi connectivity index (χ0n) is 13.7. The molecule has 0 spiro atoms. The van der Waals surface area contributed by atoms with Crippen molar-refractivity contribution in [3.63, 3.8) is 0 Å². The Labute approximate surface area is 143 Å². The van der Waals surface area contributed by atoms with Gasteiger partial charge in [0.25, 0.3) is 0 Å². The van der Waals surface area contributed by atoms with Crippen molar-refractivity contribution in [2.24, 2.45) is 0 Å². The topological polar surface area (TPSA) is 168 Å². The molecule has 1 rings (SSSR count). The van der Waals surface area contributed by atoms with Crippen LogP contribution in [0.3, 0.4) is 0 Å². The van der Waals surface area contributed by atoms with Gasteiger partial charge in [0.05, 0.1) is 26.1 Å². The Bertz CT molecular complexity index is 500. The highest BCUT2D eigenvalue weighted by atomic mass is 16.4. The van der Waals surface area contributed by atoms with E-state index in [4.69, 9.17) is 15.3 Å². The molecule has 0 atom stereocenters. The van der Waals surface area contributed by atoms with E-state index in [-0.39, 0.29) is 6.67 Å². The van der Waals surface area contributed by atoms with Gasteiger partial charge in [-0.25, -0.2) is 0 Å². The molecule has 0 aromatic carbocycles. The number of nitrogens with zero attached hydrogens (tertiary/aromatic N) is 2. The molecule has 0 amide bonds. The van der Waals surface area contributed by atoms with Crippen LogP contribution in [0.2, 0.25) is 0 Å². The second-order valence-electron chi connectivity index (χ2n) is 5.93. The van der Waals surface area contributed by atoms with Crippen LogP contribution < -0.4 is 5.32 Å². The molecule has 5 N–H and O–H groups in total. The molecule has 0 bridgehead atoms. The Kier molecular flexibility index (Phi) is 7.74. The number of hydrogen-bond donors (Lipinski definition) is 5. The molecule has 1 aliphatic rings. The Balaban J connectivity index is 3.20. The van der Waals surface area contributed by atoms with Crippen molar-refractivity contribution in [2.75, 3.05) is 39.4 Å². The SMILES string of the molecule is O=C(O)CN(CN1CCCNCC1)C(CC(=O)O)(CC(=O)O)C(=O)O. The van der Waals surface area contributed by atoms with Gasteiger partial charge in [-0.05, 0) is 13.0 Å². The summed E-state index contributed by atoms with van der Waals surface area (Å²) in [4.78, 5) is 48.1. The van der Waals surface area contributed by atoms with Gasteiger partial charge in [0.1, 0.15) is 5.54 Å². The van der Waals surface area contributed by atoms with Crippen LogP contribution in [-0.4, -0.2) is 99.0 Å². The van der Waals surface area contributed by atoms with Gasteiger partial charge in [0.2, 0.25) is 0 Å². The van der Waals surface area contributed by atoms with Gasteiger partial charge in [0, 0.05) is 19.6 Å². The van der Waals surface area contributed by atoms with Crippen molar-refractivity contribution in [3.8, 4) is 0 Å². The van der Waals surface area contributed by atoms with E-state index >= 15 is 0 Å². The second kappa shape index (κ2) is 9.30. The Hall–Kier alpha value is -2.24. The Morgan fingerprint density at radius 3 is 2.00 bits per heavy atom. The lowest BCUT2D eigenvalue weighted by molar-refractivity contribution is -0.168. The Morgan fingerprint density at radius 1 is 0.920 bits per heavy atom. The van der Waals surface area contributed by atoms with E-state index in [1.54, 1.807) is 4.90 Å². The van der Waals surface area contributed by atoms with E-state index in [0.29, 0.717) is 19.6 Å². The third-order valence-electron chi connectivity index (χ3n) is 4.02. The third kappa shape index (κ3) is 6.29. The fraction of sp³-hybridized carbons (Fsp3) is 0.714. The molecule has 1 saturated heterocycles. The first-order valence-corrected chi connectivity index (χ1v) is 7.74. The number of carboxylic acid groups (broad SMARTS) is 4. The average Bonchev–Trinajstić information content (AvgIpc) is 2.72. The van der Waals surface area contributed by atoms with Gasteiger partial charge in [0.15, 0.2) is 0 Å². The highest BCUT2D eigenvalue weighted by Gasteiger charge is 2.49. The van der Waals surface area contributed by atoms with E-state index in [0.717, 1.165) is 17.9 Å². The van der Waals surface area contributed by atoms with Gasteiger partial charge in [-0.2, -0.15) is 0 Å². The maximum absolute atomic E-state index is 11.8. The molecule has 25 heavy (non-hydrogen) atoms. The summed E-state index contributed by atoms with van der Waals surface area (Å²) in [7, 11) is 0. The van der Waals surface area contributed by atoms with Crippen molar-refractivity contribution in [1.29, 1.82) is 0 Å². The molecular weight excluding hydrogens is 338 g/mol. The predicted octanol–water partition coefficient (Wildman–Crippen LogP) is -1.60. The van der Waals surface area contributed by atoms with Crippen LogP contribution in [0.1, 0.15) is 19.3 Å². The molecule has 0 aromatic rings. The van der Waals surface area contributed by atoms with Crippen LogP contribution in [0, 0.1) is 0 Å². The van der Waals surface area contributed by atoms with E-state index in [1.807, 2.05) is 0 Å². The van der Waals surface area contributed by atoms with Crippen LogP contribution in [0.15, 0.2) is 0 Å². The fourth-order valence-corrected chi connectivity index (χ4v) is 2.86. The monoisotopic (exact) mass is 361 g/mol. The summed E-state index contributed by atoms with van der Waals surface area (Å²) in [5.41, 5.74) is -2.35. The van der Waals surface area contributed by atoms with Gasteiger partial charge < -0.3 is 25.7 Å². The number of nitrogens with one attached hydrogen (secondary N) is 1. The van der Waals surface area contributed by atoms with E-state index in [9.17, 15) is 24.3 Å². The molecule has 1 aliphatic heterocycles. The number of aliphatic carboxylic acids is 4. The summed E-state index contributed by atoms with van der Waals surface area (Å²) in [5.74, 6) is -6.08. The summed E-state index contributed by atoms with van der Waals surface area (Å²) in [6, 6.07) is 0. The number of carbonyl (C=O) groups is 4. The minimum Gasteiger partial charge on any atom is -0.481 e. The van der Waals surface area contributed by atoms with Crippen LogP contribution in [0.4, 0.5) is 0 Å². The van der Waals surface area contributed by atoms with Crippen molar-refractivity contribution < 1.29 is 39.6 Å². The largest absolute Gasteiger partial charge is 0.481 e. The van der Waals surface area contributed by atoms with Crippen molar-refractivity contribution in [1.82, 2.24) is 15.1 Å². The summed E-state index contributed by atoms with van der Waals surface area (Å²) < 4.78 is 0. The highest BCUT2D eigenvalue weighted by molar-refractivity contribution is 5.90. The molecule has 0 radical (unpaired) electrons. The van der Waals surface area contributed by atoms with E-state index in [1.165, 1.54) is 0 Å². The highest BCUT2D eigenvalue weighted by Crippen LogP contribution is 2.26. The van der Waals surface area contributed by atoms with Crippen molar-refractivity contribution >= 4 is 23.9 Å². The summed E-state index contributed by atoms with van der Waals surface area (Å²) in [6.07, 6.45) is -1.29. The van der Waals surface area contributed by atoms with Crippen LogP contribution >= 0.6 is 0 Å². The summed E-state index contributed by atoms with van der Waals surface area (Å²) in [6.45, 7) is 1.49. The molecule has 11 heteroatoms. The zero-order chi connectivity index (χ0) is 19.0. The standard InChI is InChI=1S/C14H23N3O8/c18-10(19)6-14(13(24)25,7-11(20)21)17(8-12(22)23)9-16-4-1-2-15-3-5-16/h15H,1-9H2,(H,18,19)(H,20,21)(H,22,23)(H,24,25). The smallest absolute Gasteiger partial charge is 0.325 e. The first-order chi connectivity index (χ1) is 11.7. The summed E-state index contributed by atoms with van der Waals surface area (Å²) in [5, 5.41) is 40.0. The van der Waals surface area contributed by atoms with Gasteiger partial charge in [-0.1, -0.05) is 0 Å². The van der Waals surface area contributed by atoms with Crippen LogP contribution in [0.5, 0.6) is 0 Å². The van der Waals surface area contributed by atoms with Crippen molar-refractivity contribution in [3.05, 3.63) is 0 Å². The molecule has 1 heterocycles. The number of rotatable bonds is 10. The molecule has 11 nitrogen and oxygen atoms in total. The first kappa shape index (κ1) is 20.8. The first-order valence-electron chi connectivity index (χ1n) is 7.74. The van der Waals surface area contributed by atoms with Gasteiger partial charge in [-0.15, -0.1) is 0 Å². The minimum atomic E-state index is -2.35. The molecule has 142 valence electrons. The van der Waals surface area contributed by atoms with Crippen molar-refractivity contribution in [2.45, 2.75) is 24.8 Å². The molecular formula is C14H23N3O8. The molecule has 0 saturated carbocycles. The fourth-order valence-electron chi connectivity index (χ4n) is 2.86. The second-order valence-corrected chi connectivity index (χ2v) is 5.93. The van der Waals surface area contributed by atoms with E-state index in [2.05, 4.69) is 5.32 Å². The average molecular weight is 361 g/mol. The minimum absolute atomic E-state index is 0.152. The van der Waals surface area contributed by atoms with Gasteiger partial charge in [-0.3, -0.25) is 29.0 Å². The lowest BCUT2D eigenvalue weighted by Gasteiger charge is -2.40. The van der Waals surface area contributed by atoms with Crippen LogP contribution in [0.25, 0.3) is 0 Å². The predicted molar refractivity (Wildman–Crippen MR) is 83.1 cm³/mol. The van der Waals surface area contributed by atoms with E-state index < -0.39 is 48.8 Å². The number of carboxylic acids is 4. The molecule has 1 fully saturated rings. The normalized spacial score (nSPS) is 16.4. The van der Waals surface area contributed by atoms with Gasteiger partial charge >= 0.3 is 23.9 Å². The molecule has 0 unspecified atom stereocenters. The maximum atomic E-state index is 11.8. The zero-order valence-corrected chi connectivity index (χ0v) is 13.7. The summed E-state index contributed by atoms with van der Waals surface area (Å²) >= 11 is 0. The quantitative estimate of drug-likeness (QED) is 0.304. The molecule has 0 aliphatic carbocycles. The molecule has 0 aromatic heterocycles. The van der Waals surface area contributed by atoms with Crippen LogP contribution in [-0.2, 0) is 19.2 Å². The Morgan fingerprint density at radius 2 is 1.52 bits per heavy atom. The maximum Gasteiger partial charge on any atom is 0.325 e. The third-order valence-corrected chi connectivity index (χ3v) is 4.02. The lowest BCUT2D eigenvalue weighted by Crippen LogP contribution is -2.61. The number of hydrogen-bond acceptors (Lipinski definition) is 7.